The van der Waals surface area contributed by atoms with Crippen LogP contribution in [0.15, 0.2) is 60.3 Å². The average molecular weight is 455 g/mol. The minimum atomic E-state index is -1.84. The van der Waals surface area contributed by atoms with Crippen LogP contribution in [0.2, 0.25) is 0 Å². The lowest BCUT2D eigenvalue weighted by molar-refractivity contribution is -0.183. The van der Waals surface area contributed by atoms with Crippen LogP contribution >= 0.6 is 0 Å². The van der Waals surface area contributed by atoms with Gasteiger partial charge < -0.3 is 19.8 Å². The number of benzene rings is 2. The van der Waals surface area contributed by atoms with Gasteiger partial charge in [0.05, 0.1) is 13.8 Å². The van der Waals surface area contributed by atoms with Crippen molar-refractivity contribution in [3.05, 3.63) is 77.2 Å². The number of aliphatic hydroxyl groups excluding tert-OH is 1. The van der Waals surface area contributed by atoms with Gasteiger partial charge in [-0.3, -0.25) is 14.6 Å². The lowest BCUT2D eigenvalue weighted by atomic mass is 9.94. The molecule has 2 aromatic rings. The van der Waals surface area contributed by atoms with Crippen LogP contribution in [0, 0.1) is 5.82 Å². The van der Waals surface area contributed by atoms with Crippen molar-refractivity contribution in [2.75, 3.05) is 13.8 Å². The molecular weight excluding hydrogens is 433 g/mol. The van der Waals surface area contributed by atoms with Gasteiger partial charge >= 0.3 is 5.97 Å². The van der Waals surface area contributed by atoms with Gasteiger partial charge in [-0.2, -0.15) is 5.01 Å². The summed E-state index contributed by atoms with van der Waals surface area (Å²) in [5.41, 5.74) is 0.904. The van der Waals surface area contributed by atoms with E-state index in [0.717, 1.165) is 11.8 Å². The number of carboxylic acid groups (broad SMARTS) is 1. The van der Waals surface area contributed by atoms with Gasteiger partial charge in [-0.1, -0.05) is 24.3 Å². The van der Waals surface area contributed by atoms with Gasteiger partial charge in [0.1, 0.15) is 23.2 Å². The molecule has 0 radical (unpaired) electrons. The van der Waals surface area contributed by atoms with Gasteiger partial charge in [-0.15, -0.1) is 0 Å². The summed E-state index contributed by atoms with van der Waals surface area (Å²) in [7, 11) is 1.55. The number of methoxy groups -OCH3 is 1. The molecule has 10 heteroatoms. The van der Waals surface area contributed by atoms with Crippen LogP contribution in [0.5, 0.6) is 5.75 Å². The van der Waals surface area contributed by atoms with Crippen LogP contribution in [0.1, 0.15) is 11.1 Å². The highest BCUT2D eigenvalue weighted by Crippen LogP contribution is 2.29. The molecule has 0 aromatic heterocycles. The van der Waals surface area contributed by atoms with E-state index in [9.17, 15) is 29.0 Å². The maximum atomic E-state index is 13.3. The molecule has 2 unspecified atom stereocenters. The van der Waals surface area contributed by atoms with Crippen LogP contribution in [-0.4, -0.2) is 68.7 Å². The molecule has 0 bridgehead atoms. The number of nitrogens with zero attached hydrogens (tertiary/aromatic N) is 3. The molecule has 9 nitrogen and oxygen atoms in total. The quantitative estimate of drug-likeness (QED) is 0.624. The van der Waals surface area contributed by atoms with E-state index in [2.05, 4.69) is 0 Å². The zero-order valence-electron chi connectivity index (χ0n) is 17.7. The lowest BCUT2D eigenvalue weighted by Gasteiger charge is -2.50. The number of hydrogen-bond donors (Lipinski definition) is 2. The van der Waals surface area contributed by atoms with E-state index in [4.69, 9.17) is 4.74 Å². The number of hydrogen-bond acceptors (Lipinski definition) is 7. The number of aliphatic hydroxyl groups is 1. The Bertz CT molecular complexity index is 1100. The van der Waals surface area contributed by atoms with Gasteiger partial charge in [0.2, 0.25) is 5.78 Å². The summed E-state index contributed by atoms with van der Waals surface area (Å²) in [4.78, 5) is 38.6. The predicted molar refractivity (Wildman–Crippen MR) is 113 cm³/mol. The molecule has 2 atom stereocenters. The number of Topliss-reactive ketones (excluding diaryl/α,β-unsaturated/α-hetero) is 1. The van der Waals surface area contributed by atoms with Crippen LogP contribution in [0.4, 0.5) is 4.39 Å². The number of carbonyl (C=O) groups is 3. The van der Waals surface area contributed by atoms with E-state index in [1.807, 2.05) is 12.1 Å². The van der Waals surface area contributed by atoms with Gasteiger partial charge in [0.25, 0.3) is 5.91 Å². The van der Waals surface area contributed by atoms with Gasteiger partial charge in [0.15, 0.2) is 6.04 Å². The third-order valence-corrected chi connectivity index (χ3v) is 5.65. The molecule has 33 heavy (non-hydrogen) atoms. The Hall–Kier alpha value is -3.76. The van der Waals surface area contributed by atoms with Crippen molar-refractivity contribution in [1.82, 2.24) is 14.9 Å². The number of fused-ring (bicyclic) bond motifs is 1. The smallest absolute Gasteiger partial charge is 0.340 e. The zero-order valence-corrected chi connectivity index (χ0v) is 17.7. The monoisotopic (exact) mass is 455 g/mol. The maximum Gasteiger partial charge on any atom is 0.340 e. The summed E-state index contributed by atoms with van der Waals surface area (Å²) in [6.07, 6.45) is -0.749. The van der Waals surface area contributed by atoms with Crippen LogP contribution in [0.3, 0.4) is 0 Å². The fourth-order valence-corrected chi connectivity index (χ4v) is 3.93. The van der Waals surface area contributed by atoms with Crippen molar-refractivity contribution >= 4 is 17.7 Å². The van der Waals surface area contributed by atoms with E-state index in [1.54, 1.807) is 36.4 Å². The van der Waals surface area contributed by atoms with E-state index in [-0.39, 0.29) is 19.8 Å². The minimum absolute atomic E-state index is 0.0586. The van der Waals surface area contributed by atoms with Gasteiger partial charge in [-0.25, -0.2) is 9.18 Å². The fourth-order valence-electron chi connectivity index (χ4n) is 3.93. The highest BCUT2D eigenvalue weighted by atomic mass is 19.1. The first-order valence-electron chi connectivity index (χ1n) is 10.1. The van der Waals surface area contributed by atoms with Crippen LogP contribution in [-0.2, 0) is 27.5 Å². The second kappa shape index (κ2) is 9.00. The number of carbonyl (C=O) groups excluding carboxylic acids is 2. The molecule has 1 amide bonds. The Morgan fingerprint density at radius 1 is 1.06 bits per heavy atom. The third kappa shape index (κ3) is 4.43. The first-order valence-corrected chi connectivity index (χ1v) is 10.1. The summed E-state index contributed by atoms with van der Waals surface area (Å²) in [6, 6.07) is 11.5. The SMILES string of the molecule is COc1ccc(CN2CN(Cc3ccc(F)cc3)C(=O)C3C(O)C(=O)C(C(=O)O)=CN32)cc1. The maximum absolute atomic E-state index is 13.3. The van der Waals surface area contributed by atoms with Crippen molar-refractivity contribution in [1.29, 1.82) is 0 Å². The first kappa shape index (κ1) is 22.4. The molecule has 2 N–H and O–H groups in total. The van der Waals surface area contributed by atoms with Gasteiger partial charge in [0, 0.05) is 19.3 Å². The number of ketones is 1. The molecule has 0 spiro atoms. The van der Waals surface area contributed by atoms with E-state index in [0.29, 0.717) is 11.3 Å². The molecule has 4 rings (SSSR count). The number of carboxylic acids is 1. The van der Waals surface area contributed by atoms with Crippen molar-refractivity contribution in [2.24, 2.45) is 0 Å². The van der Waals surface area contributed by atoms with E-state index < -0.39 is 41.2 Å². The number of ether oxygens (including phenoxy) is 1. The number of halogens is 1. The summed E-state index contributed by atoms with van der Waals surface area (Å²) < 4.78 is 18.5. The number of rotatable bonds is 6. The highest BCUT2D eigenvalue weighted by Gasteiger charge is 2.49. The Balaban J connectivity index is 1.68. The van der Waals surface area contributed by atoms with Crippen molar-refractivity contribution in [2.45, 2.75) is 25.2 Å². The second-order valence-corrected chi connectivity index (χ2v) is 7.80. The Labute approximate surface area is 188 Å². The van der Waals surface area contributed by atoms with Crippen molar-refractivity contribution in [3.63, 3.8) is 0 Å². The average Bonchev–Trinajstić information content (AvgIpc) is 2.80. The summed E-state index contributed by atoms with van der Waals surface area (Å²) in [5, 5.41) is 23.0. The minimum Gasteiger partial charge on any atom is -0.497 e. The van der Waals surface area contributed by atoms with Gasteiger partial charge in [-0.05, 0) is 35.4 Å². The van der Waals surface area contributed by atoms with Crippen molar-refractivity contribution in [3.8, 4) is 5.75 Å². The molecule has 2 aliphatic rings. The molecular formula is C23H22FN3O6. The standard InChI is InChI=1S/C23H22FN3O6/c1-33-17-8-4-15(5-9-17)11-26-13-25(10-14-2-6-16(24)7-3-14)22(30)19-21(29)20(28)18(23(31)32)12-27(19)26/h2-9,12,19,21,29H,10-11,13H2,1H3,(H,31,32). The predicted octanol–water partition coefficient (Wildman–Crippen LogP) is 1.13. The molecule has 1 fully saturated rings. The third-order valence-electron chi connectivity index (χ3n) is 5.65. The van der Waals surface area contributed by atoms with Crippen LogP contribution < -0.4 is 4.74 Å². The van der Waals surface area contributed by atoms with Crippen molar-refractivity contribution < 1.29 is 33.7 Å². The molecule has 2 aliphatic heterocycles. The summed E-state index contributed by atoms with van der Waals surface area (Å²) in [5.74, 6) is -2.79. The molecule has 0 aliphatic carbocycles. The lowest BCUT2D eigenvalue weighted by Crippen LogP contribution is -2.68. The largest absolute Gasteiger partial charge is 0.497 e. The Morgan fingerprint density at radius 2 is 1.67 bits per heavy atom. The molecule has 2 heterocycles. The molecule has 172 valence electrons. The molecule has 1 saturated heterocycles. The fraction of sp³-hybridized carbons (Fsp3) is 0.261. The molecule has 0 saturated carbocycles. The molecule has 2 aromatic carbocycles. The number of aliphatic carboxylic acids is 1. The summed E-state index contributed by atoms with van der Waals surface area (Å²) >= 11 is 0. The van der Waals surface area contributed by atoms with E-state index in [1.165, 1.54) is 22.0 Å². The number of hydrazine groups is 1. The first-order chi connectivity index (χ1) is 15.8. The van der Waals surface area contributed by atoms with Crippen LogP contribution in [0.25, 0.3) is 0 Å². The number of amides is 1. The normalized spacial score (nSPS) is 21.0. The topological polar surface area (TPSA) is 111 Å². The summed E-state index contributed by atoms with van der Waals surface area (Å²) in [6.45, 7) is 0.444. The van der Waals surface area contributed by atoms with E-state index >= 15 is 0 Å². The zero-order chi connectivity index (χ0) is 23.7. The Kier molecular flexibility index (Phi) is 6.12. The highest BCUT2D eigenvalue weighted by molar-refractivity contribution is 6.20. The Morgan fingerprint density at radius 3 is 2.27 bits per heavy atom. The second-order valence-electron chi connectivity index (χ2n) is 7.80.